The van der Waals surface area contributed by atoms with Crippen LogP contribution in [0.4, 0.5) is 0 Å². The Morgan fingerprint density at radius 2 is 1.77 bits per heavy atom. The maximum atomic E-state index is 12.4. The molecule has 0 bridgehead atoms. The van der Waals surface area contributed by atoms with Crippen LogP contribution in [0.2, 0.25) is 0 Å². The Bertz CT molecular complexity index is 898. The first-order valence-corrected chi connectivity index (χ1v) is 8.00. The number of nitrogens with zero attached hydrogens (tertiary/aromatic N) is 2. The molecule has 7 nitrogen and oxygen atoms in total. The maximum Gasteiger partial charge on any atom is 0.251 e. The van der Waals surface area contributed by atoms with Crippen LogP contribution in [0.3, 0.4) is 0 Å². The van der Waals surface area contributed by atoms with E-state index in [2.05, 4.69) is 15.5 Å². The Hall–Kier alpha value is -3.35. The molecular weight excluding hydrogens is 334 g/mol. The summed E-state index contributed by atoms with van der Waals surface area (Å²) in [5.74, 6) is 1.53. The Morgan fingerprint density at radius 1 is 1.08 bits per heavy atom. The Balaban J connectivity index is 1.70. The minimum absolute atomic E-state index is 0.122. The van der Waals surface area contributed by atoms with Crippen molar-refractivity contribution in [2.24, 2.45) is 0 Å². The quantitative estimate of drug-likeness (QED) is 0.733. The molecule has 3 aromatic rings. The molecular formula is C19H19N3O4. The number of amides is 1. The van der Waals surface area contributed by atoms with Crippen LogP contribution in [0.1, 0.15) is 21.8 Å². The summed E-state index contributed by atoms with van der Waals surface area (Å²) in [5, 5.41) is 10.8. The Kier molecular flexibility index (Phi) is 5.17. The molecule has 0 aliphatic carbocycles. The van der Waals surface area contributed by atoms with Gasteiger partial charge in [0.1, 0.15) is 11.5 Å². The molecule has 1 amide bonds. The van der Waals surface area contributed by atoms with Crippen LogP contribution in [0.25, 0.3) is 11.5 Å². The summed E-state index contributed by atoms with van der Waals surface area (Å²) in [6.07, 6.45) is 0. The zero-order chi connectivity index (χ0) is 18.5. The van der Waals surface area contributed by atoms with Gasteiger partial charge in [0.2, 0.25) is 11.8 Å². The normalized spacial score (nSPS) is 10.4. The van der Waals surface area contributed by atoms with Gasteiger partial charge in [-0.1, -0.05) is 18.2 Å². The molecule has 0 fully saturated rings. The molecule has 0 saturated carbocycles. The van der Waals surface area contributed by atoms with Gasteiger partial charge in [0.25, 0.3) is 5.91 Å². The third-order valence-electron chi connectivity index (χ3n) is 3.86. The summed E-state index contributed by atoms with van der Waals surface area (Å²) in [7, 11) is 3.06. The van der Waals surface area contributed by atoms with Crippen molar-refractivity contribution in [1.82, 2.24) is 15.5 Å². The van der Waals surface area contributed by atoms with Crippen molar-refractivity contribution in [3.05, 3.63) is 59.5 Å². The molecule has 0 unspecified atom stereocenters. The van der Waals surface area contributed by atoms with E-state index in [0.717, 1.165) is 11.1 Å². The van der Waals surface area contributed by atoms with E-state index >= 15 is 0 Å². The summed E-state index contributed by atoms with van der Waals surface area (Å²) in [4.78, 5) is 12.4. The molecule has 0 aliphatic heterocycles. The van der Waals surface area contributed by atoms with Gasteiger partial charge < -0.3 is 19.2 Å². The van der Waals surface area contributed by atoms with E-state index in [0.29, 0.717) is 28.8 Å². The number of aromatic nitrogens is 2. The number of hydrogen-bond donors (Lipinski definition) is 1. The van der Waals surface area contributed by atoms with Crippen LogP contribution < -0.4 is 14.8 Å². The summed E-state index contributed by atoms with van der Waals surface area (Å²) in [5.41, 5.74) is 2.32. The van der Waals surface area contributed by atoms with Crippen LogP contribution in [0.15, 0.2) is 46.9 Å². The average Bonchev–Trinajstić information content (AvgIpc) is 3.14. The Morgan fingerprint density at radius 3 is 2.42 bits per heavy atom. The predicted molar refractivity (Wildman–Crippen MR) is 95.2 cm³/mol. The zero-order valence-electron chi connectivity index (χ0n) is 14.8. The van der Waals surface area contributed by atoms with E-state index in [9.17, 15) is 4.79 Å². The second-order valence-electron chi connectivity index (χ2n) is 5.60. The summed E-state index contributed by atoms with van der Waals surface area (Å²) < 4.78 is 16.0. The highest BCUT2D eigenvalue weighted by Crippen LogP contribution is 2.23. The number of carbonyl (C=O) groups is 1. The first-order valence-electron chi connectivity index (χ1n) is 8.00. The number of rotatable bonds is 6. The van der Waals surface area contributed by atoms with Gasteiger partial charge in [-0.2, -0.15) is 0 Å². The lowest BCUT2D eigenvalue weighted by Crippen LogP contribution is -2.23. The van der Waals surface area contributed by atoms with Gasteiger partial charge in [0, 0.05) is 17.2 Å². The van der Waals surface area contributed by atoms with Crippen molar-refractivity contribution in [3.8, 4) is 23.0 Å². The zero-order valence-corrected chi connectivity index (χ0v) is 14.8. The molecule has 0 aliphatic rings. The number of hydrogen-bond acceptors (Lipinski definition) is 6. The molecule has 1 heterocycles. The van der Waals surface area contributed by atoms with E-state index < -0.39 is 0 Å². The van der Waals surface area contributed by atoms with Crippen LogP contribution >= 0.6 is 0 Å². The smallest absolute Gasteiger partial charge is 0.251 e. The third kappa shape index (κ3) is 3.83. The largest absolute Gasteiger partial charge is 0.497 e. The Labute approximate surface area is 151 Å². The summed E-state index contributed by atoms with van der Waals surface area (Å²) in [6, 6.07) is 12.7. The highest BCUT2D eigenvalue weighted by atomic mass is 16.5. The second kappa shape index (κ2) is 7.69. The lowest BCUT2D eigenvalue weighted by molar-refractivity contribution is 0.0946. The molecule has 0 atom stereocenters. The minimum atomic E-state index is -0.294. The van der Waals surface area contributed by atoms with Gasteiger partial charge in [0.05, 0.1) is 20.8 Å². The van der Waals surface area contributed by atoms with E-state index in [-0.39, 0.29) is 12.5 Å². The fraction of sp³-hybridized carbons (Fsp3) is 0.211. The highest BCUT2D eigenvalue weighted by Gasteiger charge is 2.13. The van der Waals surface area contributed by atoms with Crippen molar-refractivity contribution >= 4 is 5.91 Å². The lowest BCUT2D eigenvalue weighted by Gasteiger charge is -2.08. The first kappa shape index (κ1) is 17.5. The van der Waals surface area contributed by atoms with Crippen molar-refractivity contribution < 1.29 is 18.7 Å². The van der Waals surface area contributed by atoms with E-state index in [1.165, 1.54) is 14.2 Å². The fourth-order valence-corrected chi connectivity index (χ4v) is 2.44. The number of methoxy groups -OCH3 is 2. The lowest BCUT2D eigenvalue weighted by atomic mass is 10.1. The van der Waals surface area contributed by atoms with Gasteiger partial charge in [-0.15, -0.1) is 10.2 Å². The molecule has 0 saturated heterocycles. The van der Waals surface area contributed by atoms with Gasteiger partial charge >= 0.3 is 0 Å². The van der Waals surface area contributed by atoms with Gasteiger partial charge in [0.15, 0.2) is 0 Å². The average molecular weight is 353 g/mol. The summed E-state index contributed by atoms with van der Waals surface area (Å²) in [6.45, 7) is 2.09. The van der Waals surface area contributed by atoms with E-state index in [1.807, 2.05) is 31.2 Å². The van der Waals surface area contributed by atoms with Crippen molar-refractivity contribution in [2.45, 2.75) is 13.5 Å². The maximum absolute atomic E-state index is 12.4. The van der Waals surface area contributed by atoms with Gasteiger partial charge in [-0.05, 0) is 30.7 Å². The van der Waals surface area contributed by atoms with Gasteiger partial charge in [-0.25, -0.2) is 0 Å². The SMILES string of the molecule is COc1cc(OC)cc(C(=O)NCc2nnc(-c3ccccc3C)o2)c1. The number of benzene rings is 2. The topological polar surface area (TPSA) is 86.5 Å². The predicted octanol–water partition coefficient (Wildman–Crippen LogP) is 2.99. The molecule has 134 valence electrons. The highest BCUT2D eigenvalue weighted by molar-refractivity contribution is 5.95. The standard InChI is InChI=1S/C19H19N3O4/c1-12-6-4-5-7-16(12)19-22-21-17(26-19)11-20-18(23)13-8-14(24-2)10-15(9-13)25-3/h4-10H,11H2,1-3H3,(H,20,23). The van der Waals surface area contributed by atoms with Crippen molar-refractivity contribution in [1.29, 1.82) is 0 Å². The molecule has 26 heavy (non-hydrogen) atoms. The first-order chi connectivity index (χ1) is 12.6. The molecule has 0 radical (unpaired) electrons. The molecule has 2 aromatic carbocycles. The van der Waals surface area contributed by atoms with Crippen LogP contribution in [-0.4, -0.2) is 30.3 Å². The number of aryl methyl sites for hydroxylation is 1. The number of ether oxygens (including phenoxy) is 2. The van der Waals surface area contributed by atoms with Crippen molar-refractivity contribution in [3.63, 3.8) is 0 Å². The molecule has 1 aromatic heterocycles. The summed E-state index contributed by atoms with van der Waals surface area (Å²) >= 11 is 0. The van der Waals surface area contributed by atoms with Crippen LogP contribution in [0, 0.1) is 6.92 Å². The number of nitrogens with one attached hydrogen (secondary N) is 1. The third-order valence-corrected chi connectivity index (χ3v) is 3.86. The van der Waals surface area contributed by atoms with Crippen LogP contribution in [0.5, 0.6) is 11.5 Å². The van der Waals surface area contributed by atoms with E-state index in [4.69, 9.17) is 13.9 Å². The van der Waals surface area contributed by atoms with Crippen molar-refractivity contribution in [2.75, 3.05) is 14.2 Å². The molecule has 3 rings (SSSR count). The molecule has 1 N–H and O–H groups in total. The second-order valence-corrected chi connectivity index (χ2v) is 5.60. The number of carbonyl (C=O) groups excluding carboxylic acids is 1. The minimum Gasteiger partial charge on any atom is -0.497 e. The molecule has 7 heteroatoms. The van der Waals surface area contributed by atoms with Crippen LogP contribution in [-0.2, 0) is 6.54 Å². The fourth-order valence-electron chi connectivity index (χ4n) is 2.44. The monoisotopic (exact) mass is 353 g/mol. The molecule has 0 spiro atoms. The van der Waals surface area contributed by atoms with Gasteiger partial charge in [-0.3, -0.25) is 4.79 Å². The van der Waals surface area contributed by atoms with E-state index in [1.54, 1.807) is 18.2 Å².